The van der Waals surface area contributed by atoms with Crippen LogP contribution >= 0.6 is 11.6 Å². The van der Waals surface area contributed by atoms with Crippen molar-refractivity contribution in [3.05, 3.63) is 58.1 Å². The number of hydrogen-bond acceptors (Lipinski definition) is 3. The summed E-state index contributed by atoms with van der Waals surface area (Å²) in [6.45, 7) is 6.71. The Kier molecular flexibility index (Phi) is 8.40. The second kappa shape index (κ2) is 10.8. The van der Waals surface area contributed by atoms with Gasteiger partial charge in [-0.1, -0.05) is 43.5 Å². The van der Waals surface area contributed by atoms with Crippen molar-refractivity contribution in [3.63, 3.8) is 0 Å². The van der Waals surface area contributed by atoms with Gasteiger partial charge in [0.05, 0.1) is 24.4 Å². The third-order valence-corrected chi connectivity index (χ3v) is 4.60. The van der Waals surface area contributed by atoms with Crippen molar-refractivity contribution in [1.29, 1.82) is 0 Å². The van der Waals surface area contributed by atoms with Crippen LogP contribution in [0, 0.1) is 13.8 Å². The highest BCUT2D eigenvalue weighted by Gasteiger charge is 2.08. The number of aryl methyl sites for hydroxylation is 2. The molecule has 0 aliphatic heterocycles. The second-order valence-corrected chi connectivity index (χ2v) is 7.13. The highest BCUT2D eigenvalue weighted by Crippen LogP contribution is 2.29. The van der Waals surface area contributed by atoms with E-state index in [1.54, 1.807) is 13.2 Å². The summed E-state index contributed by atoms with van der Waals surface area (Å²) in [5.74, 6) is 1.12. The molecule has 2 rings (SSSR count). The topological polar surface area (TPSA) is 47.6 Å². The molecule has 0 saturated carbocycles. The van der Waals surface area contributed by atoms with Gasteiger partial charge < -0.3 is 14.8 Å². The van der Waals surface area contributed by atoms with Crippen molar-refractivity contribution in [3.8, 4) is 11.5 Å². The molecule has 0 unspecified atom stereocenters. The minimum absolute atomic E-state index is 0.243. The van der Waals surface area contributed by atoms with Crippen LogP contribution in [0.5, 0.6) is 11.5 Å². The first-order chi connectivity index (χ1) is 13.4. The van der Waals surface area contributed by atoms with Crippen molar-refractivity contribution in [1.82, 2.24) is 0 Å². The average Bonchev–Trinajstić information content (AvgIpc) is 2.66. The van der Waals surface area contributed by atoms with E-state index in [-0.39, 0.29) is 5.91 Å². The van der Waals surface area contributed by atoms with Crippen LogP contribution in [-0.2, 0) is 4.79 Å². The number of benzene rings is 2. The first-order valence-corrected chi connectivity index (χ1v) is 9.89. The van der Waals surface area contributed by atoms with Crippen molar-refractivity contribution >= 4 is 29.3 Å². The summed E-state index contributed by atoms with van der Waals surface area (Å²) >= 11 is 6.25. The Hall–Kier alpha value is -2.46. The lowest BCUT2D eigenvalue weighted by Gasteiger charge is -2.11. The third-order valence-electron chi connectivity index (χ3n) is 4.30. The number of carbonyl (C=O) groups is 1. The molecule has 0 radical (unpaired) electrons. The molecule has 28 heavy (non-hydrogen) atoms. The first-order valence-electron chi connectivity index (χ1n) is 9.51. The number of anilines is 1. The third kappa shape index (κ3) is 6.31. The molecule has 0 aromatic heterocycles. The lowest BCUT2D eigenvalue weighted by Crippen LogP contribution is -2.09. The molecule has 0 spiro atoms. The first kappa shape index (κ1) is 21.8. The van der Waals surface area contributed by atoms with Gasteiger partial charge in [0.25, 0.3) is 0 Å². The van der Waals surface area contributed by atoms with E-state index in [0.29, 0.717) is 28.8 Å². The normalized spacial score (nSPS) is 10.9. The average molecular weight is 402 g/mol. The predicted octanol–water partition coefficient (Wildman–Crippen LogP) is 6.19. The van der Waals surface area contributed by atoms with E-state index in [2.05, 4.69) is 12.2 Å². The number of amides is 1. The maximum atomic E-state index is 12.3. The van der Waals surface area contributed by atoms with E-state index >= 15 is 0 Å². The van der Waals surface area contributed by atoms with E-state index in [4.69, 9.17) is 21.1 Å². The van der Waals surface area contributed by atoms with Gasteiger partial charge in [0.2, 0.25) is 5.91 Å². The van der Waals surface area contributed by atoms with Gasteiger partial charge >= 0.3 is 0 Å². The minimum Gasteiger partial charge on any atom is -0.493 e. The predicted molar refractivity (Wildman–Crippen MR) is 117 cm³/mol. The van der Waals surface area contributed by atoms with Crippen molar-refractivity contribution in [2.45, 2.75) is 40.0 Å². The highest BCUT2D eigenvalue weighted by atomic mass is 35.5. The standard InChI is InChI=1S/C23H28ClNO3/c1-5-6-7-12-28-20-10-8-18(15-21(20)27-4)9-11-22(26)25-23-17(3)13-16(2)14-19(23)24/h8-11,13-15H,5-7,12H2,1-4H3,(H,25,26)/b11-9+. The highest BCUT2D eigenvalue weighted by molar-refractivity contribution is 6.34. The van der Waals surface area contributed by atoms with Crippen LogP contribution in [0.4, 0.5) is 5.69 Å². The molecule has 0 aliphatic rings. The maximum Gasteiger partial charge on any atom is 0.248 e. The molecule has 0 atom stereocenters. The van der Waals surface area contributed by atoms with Gasteiger partial charge in [0.15, 0.2) is 11.5 Å². The Bertz CT molecular complexity index is 823. The molecule has 0 bridgehead atoms. The van der Waals surface area contributed by atoms with Crippen molar-refractivity contribution in [2.24, 2.45) is 0 Å². The number of halogens is 1. The zero-order chi connectivity index (χ0) is 20.5. The Labute approximate surface area is 172 Å². The van der Waals surface area contributed by atoms with Crippen LogP contribution in [0.3, 0.4) is 0 Å². The molecule has 5 heteroatoms. The van der Waals surface area contributed by atoms with Crippen LogP contribution in [0.1, 0.15) is 42.9 Å². The molecule has 150 valence electrons. The van der Waals surface area contributed by atoms with Crippen molar-refractivity contribution in [2.75, 3.05) is 19.0 Å². The Balaban J connectivity index is 2.04. The summed E-state index contributed by atoms with van der Waals surface area (Å²) in [6.07, 6.45) is 6.52. The monoisotopic (exact) mass is 401 g/mol. The van der Waals surface area contributed by atoms with E-state index in [1.165, 1.54) is 6.08 Å². The number of hydrogen-bond donors (Lipinski definition) is 1. The second-order valence-electron chi connectivity index (χ2n) is 6.73. The van der Waals surface area contributed by atoms with Gasteiger partial charge in [-0.2, -0.15) is 0 Å². The summed E-state index contributed by atoms with van der Waals surface area (Å²) < 4.78 is 11.2. The van der Waals surface area contributed by atoms with Crippen LogP contribution < -0.4 is 14.8 Å². The summed E-state index contributed by atoms with van der Waals surface area (Å²) in [4.78, 5) is 12.3. The number of rotatable bonds is 9. The molecule has 0 saturated heterocycles. The summed E-state index contributed by atoms with van der Waals surface area (Å²) in [5.41, 5.74) is 3.47. The maximum absolute atomic E-state index is 12.3. The Morgan fingerprint density at radius 2 is 1.93 bits per heavy atom. The van der Waals surface area contributed by atoms with E-state index in [0.717, 1.165) is 36.0 Å². The molecule has 4 nitrogen and oxygen atoms in total. The molecular formula is C23H28ClNO3. The zero-order valence-electron chi connectivity index (χ0n) is 17.0. The lowest BCUT2D eigenvalue weighted by atomic mass is 10.1. The molecule has 0 aliphatic carbocycles. The summed E-state index contributed by atoms with van der Waals surface area (Å²) in [5, 5.41) is 3.38. The van der Waals surface area contributed by atoms with E-state index < -0.39 is 0 Å². The van der Waals surface area contributed by atoms with Crippen LogP contribution in [-0.4, -0.2) is 19.6 Å². The van der Waals surface area contributed by atoms with Gasteiger partial charge in [0, 0.05) is 6.08 Å². The number of methoxy groups -OCH3 is 1. The molecule has 1 amide bonds. The fraction of sp³-hybridized carbons (Fsp3) is 0.348. The smallest absolute Gasteiger partial charge is 0.248 e. The SMILES string of the molecule is CCCCCOc1ccc(/C=C/C(=O)Nc2c(C)cc(C)cc2Cl)cc1OC. The Morgan fingerprint density at radius 3 is 2.61 bits per heavy atom. The molecule has 0 fully saturated rings. The minimum atomic E-state index is -0.243. The Morgan fingerprint density at radius 1 is 1.14 bits per heavy atom. The molecule has 0 heterocycles. The van der Waals surface area contributed by atoms with Gasteiger partial charge in [-0.25, -0.2) is 0 Å². The zero-order valence-corrected chi connectivity index (χ0v) is 17.7. The van der Waals surface area contributed by atoms with Crippen LogP contribution in [0.15, 0.2) is 36.4 Å². The van der Waals surface area contributed by atoms with Crippen LogP contribution in [0.2, 0.25) is 5.02 Å². The number of carbonyl (C=O) groups excluding carboxylic acids is 1. The molecule has 2 aromatic carbocycles. The van der Waals surface area contributed by atoms with Crippen molar-refractivity contribution < 1.29 is 14.3 Å². The fourth-order valence-corrected chi connectivity index (χ4v) is 3.22. The fourth-order valence-electron chi connectivity index (χ4n) is 2.85. The van der Waals surface area contributed by atoms with E-state index in [9.17, 15) is 4.79 Å². The van der Waals surface area contributed by atoms with E-state index in [1.807, 2.05) is 44.2 Å². The number of nitrogens with one attached hydrogen (secondary N) is 1. The molecule has 2 aromatic rings. The van der Waals surface area contributed by atoms with Gasteiger partial charge in [-0.05, 0) is 61.2 Å². The summed E-state index contributed by atoms with van der Waals surface area (Å²) in [7, 11) is 1.61. The van der Waals surface area contributed by atoms with Crippen LogP contribution in [0.25, 0.3) is 6.08 Å². The lowest BCUT2D eigenvalue weighted by molar-refractivity contribution is -0.111. The summed E-state index contributed by atoms with van der Waals surface area (Å²) in [6, 6.07) is 9.42. The number of unbranched alkanes of at least 4 members (excludes halogenated alkanes) is 2. The quantitative estimate of drug-likeness (QED) is 0.402. The van der Waals surface area contributed by atoms with Gasteiger partial charge in [-0.3, -0.25) is 4.79 Å². The van der Waals surface area contributed by atoms with Gasteiger partial charge in [-0.15, -0.1) is 0 Å². The molecular weight excluding hydrogens is 374 g/mol. The van der Waals surface area contributed by atoms with Gasteiger partial charge in [0.1, 0.15) is 0 Å². The largest absolute Gasteiger partial charge is 0.493 e. The number of ether oxygens (including phenoxy) is 2. The molecule has 1 N–H and O–H groups in total.